The zero-order valence-corrected chi connectivity index (χ0v) is 18.0. The van der Waals surface area contributed by atoms with E-state index in [2.05, 4.69) is 23.1 Å². The second-order valence-corrected chi connectivity index (χ2v) is 7.00. The second-order valence-electron chi connectivity index (χ2n) is 6.59. The lowest BCUT2D eigenvalue weighted by Gasteiger charge is -2.12. The number of nitrogens with one attached hydrogen (secondary N) is 3. The van der Waals surface area contributed by atoms with Crippen LogP contribution in [0.2, 0.25) is 0 Å². The zero-order chi connectivity index (χ0) is 21.8. The maximum Gasteiger partial charge on any atom is 0.276 e. The van der Waals surface area contributed by atoms with Crippen molar-refractivity contribution in [3.05, 3.63) is 59.7 Å². The molecule has 0 fully saturated rings. The molecule has 0 aromatic heterocycles. The maximum absolute atomic E-state index is 12.2. The summed E-state index contributed by atoms with van der Waals surface area (Å²) in [6, 6.07) is 14.2. The Kier molecular flexibility index (Phi) is 9.60. The van der Waals surface area contributed by atoms with Crippen LogP contribution in [0.3, 0.4) is 0 Å². The Morgan fingerprint density at radius 1 is 0.967 bits per heavy atom. The molecular formula is C22H27N3O4S. The third-order valence-electron chi connectivity index (χ3n) is 4.13. The van der Waals surface area contributed by atoms with Gasteiger partial charge in [-0.15, -0.1) is 0 Å². The van der Waals surface area contributed by atoms with E-state index in [9.17, 15) is 9.59 Å². The molecule has 7 nitrogen and oxygen atoms in total. The summed E-state index contributed by atoms with van der Waals surface area (Å²) in [5.41, 5.74) is 6.22. The molecule has 0 radical (unpaired) electrons. The van der Waals surface area contributed by atoms with E-state index in [1.807, 2.05) is 25.1 Å². The minimum Gasteiger partial charge on any atom is -0.494 e. The van der Waals surface area contributed by atoms with E-state index in [4.69, 9.17) is 21.7 Å². The summed E-state index contributed by atoms with van der Waals surface area (Å²) in [7, 11) is 0. The number of aryl methyl sites for hydroxylation is 1. The zero-order valence-electron chi connectivity index (χ0n) is 17.2. The number of carbonyl (C=O) groups is 2. The van der Waals surface area contributed by atoms with Gasteiger partial charge in [0.15, 0.2) is 11.7 Å². The summed E-state index contributed by atoms with van der Waals surface area (Å²) in [4.78, 5) is 24.1. The number of amides is 2. The molecular weight excluding hydrogens is 402 g/mol. The van der Waals surface area contributed by atoms with Gasteiger partial charge in [-0.25, -0.2) is 0 Å². The van der Waals surface area contributed by atoms with Crippen molar-refractivity contribution < 1.29 is 19.1 Å². The van der Waals surface area contributed by atoms with Gasteiger partial charge in [-0.05, 0) is 61.5 Å². The average Bonchev–Trinajstić information content (AvgIpc) is 2.75. The van der Waals surface area contributed by atoms with Gasteiger partial charge < -0.3 is 9.47 Å². The van der Waals surface area contributed by atoms with Crippen LogP contribution in [0.5, 0.6) is 11.5 Å². The summed E-state index contributed by atoms with van der Waals surface area (Å²) < 4.78 is 11.1. The van der Waals surface area contributed by atoms with Crippen molar-refractivity contribution in [2.24, 2.45) is 0 Å². The second kappa shape index (κ2) is 12.4. The van der Waals surface area contributed by atoms with Crippen LogP contribution in [-0.2, 0) is 4.79 Å². The van der Waals surface area contributed by atoms with E-state index in [1.54, 1.807) is 30.3 Å². The number of carbonyl (C=O) groups excluding carboxylic acids is 2. The summed E-state index contributed by atoms with van der Waals surface area (Å²) >= 11 is 5.03. The van der Waals surface area contributed by atoms with Crippen LogP contribution in [0.4, 0.5) is 0 Å². The van der Waals surface area contributed by atoms with Gasteiger partial charge in [0.05, 0.1) is 6.61 Å². The monoisotopic (exact) mass is 429 g/mol. The average molecular weight is 430 g/mol. The molecule has 0 unspecified atom stereocenters. The molecule has 2 rings (SSSR count). The molecule has 0 aliphatic rings. The highest BCUT2D eigenvalue weighted by atomic mass is 32.1. The van der Waals surface area contributed by atoms with E-state index in [-0.39, 0.29) is 11.7 Å². The number of hydrogen-bond acceptors (Lipinski definition) is 5. The molecule has 2 aromatic carbocycles. The molecule has 0 saturated heterocycles. The summed E-state index contributed by atoms with van der Waals surface area (Å²) in [5, 5.41) is 2.47. The first-order chi connectivity index (χ1) is 14.5. The predicted molar refractivity (Wildman–Crippen MR) is 119 cm³/mol. The van der Waals surface area contributed by atoms with Gasteiger partial charge in [-0.1, -0.05) is 38.0 Å². The quantitative estimate of drug-likeness (QED) is 0.322. The summed E-state index contributed by atoms with van der Waals surface area (Å²) in [6.07, 6.45) is 3.26. The highest BCUT2D eigenvalue weighted by Gasteiger charge is 2.09. The van der Waals surface area contributed by atoms with Gasteiger partial charge in [0.1, 0.15) is 11.5 Å². The Balaban J connectivity index is 1.70. The Morgan fingerprint density at radius 3 is 2.40 bits per heavy atom. The van der Waals surface area contributed by atoms with Crippen LogP contribution in [0.25, 0.3) is 0 Å². The summed E-state index contributed by atoms with van der Waals surface area (Å²) in [5.74, 6) is 0.514. The Labute approximate surface area is 182 Å². The highest BCUT2D eigenvalue weighted by molar-refractivity contribution is 7.80. The molecule has 0 bridgehead atoms. The fraction of sp³-hybridized carbons (Fsp3) is 0.318. The van der Waals surface area contributed by atoms with Crippen LogP contribution in [0.15, 0.2) is 48.5 Å². The highest BCUT2D eigenvalue weighted by Crippen LogP contribution is 2.15. The molecule has 0 aliphatic heterocycles. The number of hydrogen-bond donors (Lipinski definition) is 3. The molecule has 30 heavy (non-hydrogen) atoms. The number of rotatable bonds is 9. The van der Waals surface area contributed by atoms with Crippen molar-refractivity contribution in [1.82, 2.24) is 16.2 Å². The van der Waals surface area contributed by atoms with Crippen molar-refractivity contribution in [2.75, 3.05) is 13.2 Å². The SMILES string of the molecule is CCCCCOc1ccc(C(=O)NC(=S)NNC(=O)COc2ccccc2C)cc1. The van der Waals surface area contributed by atoms with Gasteiger partial charge in [0.2, 0.25) is 0 Å². The van der Waals surface area contributed by atoms with Crippen molar-refractivity contribution in [3.8, 4) is 11.5 Å². The topological polar surface area (TPSA) is 88.7 Å². The minimum absolute atomic E-state index is 0.0240. The standard InChI is InChI=1S/C22H27N3O4S/c1-3-4-7-14-28-18-12-10-17(11-13-18)21(27)23-22(30)25-24-20(26)15-29-19-9-6-5-8-16(19)2/h5-6,8-13H,3-4,7,14-15H2,1-2H3,(H,24,26)(H2,23,25,27,30). The Bertz CT molecular complexity index is 856. The molecule has 0 atom stereocenters. The molecule has 2 amide bonds. The van der Waals surface area contributed by atoms with E-state index in [1.165, 1.54) is 0 Å². The van der Waals surface area contributed by atoms with Gasteiger partial charge in [-0.2, -0.15) is 0 Å². The maximum atomic E-state index is 12.2. The van der Waals surface area contributed by atoms with Crippen LogP contribution in [0, 0.1) is 6.92 Å². The molecule has 0 saturated carbocycles. The third-order valence-corrected chi connectivity index (χ3v) is 4.33. The van der Waals surface area contributed by atoms with Crippen molar-refractivity contribution in [3.63, 3.8) is 0 Å². The normalized spacial score (nSPS) is 10.1. The van der Waals surface area contributed by atoms with Gasteiger partial charge in [0, 0.05) is 5.56 Å². The Morgan fingerprint density at radius 2 is 1.70 bits per heavy atom. The first kappa shape index (κ1) is 23.2. The van der Waals surface area contributed by atoms with Gasteiger partial charge >= 0.3 is 0 Å². The fourth-order valence-corrected chi connectivity index (χ4v) is 2.62. The molecule has 0 aliphatic carbocycles. The molecule has 160 valence electrons. The lowest BCUT2D eigenvalue weighted by molar-refractivity contribution is -0.123. The van der Waals surface area contributed by atoms with Crippen LogP contribution < -0.4 is 25.6 Å². The molecule has 3 N–H and O–H groups in total. The smallest absolute Gasteiger partial charge is 0.276 e. The first-order valence-electron chi connectivity index (χ1n) is 9.81. The van der Waals surface area contributed by atoms with Crippen molar-refractivity contribution in [2.45, 2.75) is 33.1 Å². The van der Waals surface area contributed by atoms with Crippen LogP contribution in [-0.4, -0.2) is 30.1 Å². The minimum atomic E-state index is -0.431. The van der Waals surface area contributed by atoms with Crippen molar-refractivity contribution >= 4 is 29.1 Å². The van der Waals surface area contributed by atoms with Gasteiger partial charge in [0.25, 0.3) is 11.8 Å². The number of thiocarbonyl (C=S) groups is 1. The van der Waals surface area contributed by atoms with Crippen molar-refractivity contribution in [1.29, 1.82) is 0 Å². The van der Waals surface area contributed by atoms with E-state index >= 15 is 0 Å². The summed E-state index contributed by atoms with van der Waals surface area (Å²) in [6.45, 7) is 4.49. The van der Waals surface area contributed by atoms with Crippen LogP contribution in [0.1, 0.15) is 42.1 Å². The third kappa shape index (κ3) is 8.08. The van der Waals surface area contributed by atoms with E-state index in [0.717, 1.165) is 24.8 Å². The molecule has 0 heterocycles. The number of ether oxygens (including phenoxy) is 2. The fourth-order valence-electron chi connectivity index (χ4n) is 2.48. The van der Waals surface area contributed by atoms with E-state index < -0.39 is 11.8 Å². The lowest BCUT2D eigenvalue weighted by atomic mass is 10.2. The van der Waals surface area contributed by atoms with Gasteiger partial charge in [-0.3, -0.25) is 25.8 Å². The first-order valence-corrected chi connectivity index (χ1v) is 10.2. The van der Waals surface area contributed by atoms with E-state index in [0.29, 0.717) is 23.7 Å². The predicted octanol–water partition coefficient (Wildman–Crippen LogP) is 3.28. The largest absolute Gasteiger partial charge is 0.494 e. The molecule has 8 heteroatoms. The lowest BCUT2D eigenvalue weighted by Crippen LogP contribution is -2.49. The number of hydrazine groups is 1. The number of benzene rings is 2. The van der Waals surface area contributed by atoms with Crippen LogP contribution >= 0.6 is 12.2 Å². The number of para-hydroxylation sites is 1. The molecule has 0 spiro atoms. The Hall–Kier alpha value is -3.13. The number of unbranched alkanes of at least 4 members (excludes halogenated alkanes) is 2. The molecule has 2 aromatic rings.